The number of fused-ring (bicyclic) bond motifs is 1. The number of carbonyl (C=O) groups excluding carboxylic acids is 1. The van der Waals surface area contributed by atoms with Crippen LogP contribution in [0.15, 0.2) is 30.5 Å². The first-order chi connectivity index (χ1) is 13.1. The quantitative estimate of drug-likeness (QED) is 0.718. The van der Waals surface area contributed by atoms with Gasteiger partial charge < -0.3 is 24.3 Å². The summed E-state index contributed by atoms with van der Waals surface area (Å²) in [6.07, 6.45) is 2.51. The van der Waals surface area contributed by atoms with Crippen molar-refractivity contribution in [2.45, 2.75) is 26.4 Å². The minimum atomic E-state index is -0.331. The predicted octanol–water partition coefficient (Wildman–Crippen LogP) is 3.08. The van der Waals surface area contributed by atoms with Crippen LogP contribution in [-0.4, -0.2) is 43.9 Å². The van der Waals surface area contributed by atoms with E-state index in [1.165, 1.54) is 0 Å². The van der Waals surface area contributed by atoms with Crippen LogP contribution < -0.4 is 19.5 Å². The van der Waals surface area contributed by atoms with Crippen LogP contribution in [0.4, 0.5) is 5.69 Å². The molecule has 1 atom stereocenters. The second-order valence-electron chi connectivity index (χ2n) is 6.17. The Balaban J connectivity index is 1.83. The van der Waals surface area contributed by atoms with Crippen LogP contribution >= 0.6 is 0 Å². The third-order valence-corrected chi connectivity index (χ3v) is 4.09. The molecule has 7 nitrogen and oxygen atoms in total. The number of carbonyl (C=O) groups is 1. The van der Waals surface area contributed by atoms with Gasteiger partial charge in [0.15, 0.2) is 0 Å². The average Bonchev–Trinajstić information content (AvgIpc) is 3.01. The second-order valence-corrected chi connectivity index (χ2v) is 6.17. The van der Waals surface area contributed by atoms with Gasteiger partial charge in [0.25, 0.3) is 5.91 Å². The smallest absolute Gasteiger partial charge is 0.261 e. The van der Waals surface area contributed by atoms with E-state index < -0.39 is 0 Å². The Kier molecular flexibility index (Phi) is 6.13. The molecule has 0 bridgehead atoms. The summed E-state index contributed by atoms with van der Waals surface area (Å²) in [5, 5.41) is 2.89. The number of aromatic nitrogens is 1. The van der Waals surface area contributed by atoms with Gasteiger partial charge in [-0.2, -0.15) is 0 Å². The Bertz CT molecular complexity index is 809. The molecular weight excluding hydrogens is 348 g/mol. The largest absolute Gasteiger partial charge is 0.492 e. The van der Waals surface area contributed by atoms with Gasteiger partial charge in [0, 0.05) is 31.4 Å². The molecule has 144 valence electrons. The molecule has 0 spiro atoms. The topological polar surface area (TPSA) is 78.9 Å². The molecule has 2 heterocycles. The SMILES string of the molecule is CCOc1cc2c(cc1NC(=O)c1cccnc1OCCOC)OC(C)C2. The predicted molar refractivity (Wildman–Crippen MR) is 101 cm³/mol. The van der Waals surface area contributed by atoms with Gasteiger partial charge in [0.2, 0.25) is 5.88 Å². The molecule has 1 aromatic heterocycles. The van der Waals surface area contributed by atoms with Crippen molar-refractivity contribution in [2.24, 2.45) is 0 Å². The van der Waals surface area contributed by atoms with Crippen LogP contribution in [0.25, 0.3) is 0 Å². The summed E-state index contributed by atoms with van der Waals surface area (Å²) < 4.78 is 22.0. The molecule has 1 amide bonds. The average molecular weight is 372 g/mol. The van der Waals surface area contributed by atoms with Crippen molar-refractivity contribution in [3.8, 4) is 17.4 Å². The minimum Gasteiger partial charge on any atom is -0.492 e. The summed E-state index contributed by atoms with van der Waals surface area (Å²) in [4.78, 5) is 17.0. The number of ether oxygens (including phenoxy) is 4. The molecule has 2 aromatic rings. The molecule has 27 heavy (non-hydrogen) atoms. The molecule has 1 unspecified atom stereocenters. The van der Waals surface area contributed by atoms with Gasteiger partial charge in [-0.15, -0.1) is 0 Å². The summed E-state index contributed by atoms with van der Waals surface area (Å²) >= 11 is 0. The maximum Gasteiger partial charge on any atom is 0.261 e. The number of pyridine rings is 1. The number of amides is 1. The number of benzene rings is 1. The Morgan fingerprint density at radius 1 is 1.33 bits per heavy atom. The highest BCUT2D eigenvalue weighted by Crippen LogP contribution is 2.38. The Morgan fingerprint density at radius 3 is 2.96 bits per heavy atom. The van der Waals surface area contributed by atoms with E-state index in [0.717, 1.165) is 17.7 Å². The summed E-state index contributed by atoms with van der Waals surface area (Å²) in [6.45, 7) is 5.13. The molecular formula is C20H24N2O5. The zero-order valence-corrected chi connectivity index (χ0v) is 15.8. The van der Waals surface area contributed by atoms with Crippen molar-refractivity contribution in [3.63, 3.8) is 0 Å². The van der Waals surface area contributed by atoms with Crippen molar-refractivity contribution in [2.75, 3.05) is 32.2 Å². The monoisotopic (exact) mass is 372 g/mol. The Labute approximate surface area is 158 Å². The standard InChI is InChI=1S/C20H24N2O5/c1-4-25-18-11-14-10-13(2)27-17(14)12-16(18)22-19(23)15-6-5-7-21-20(15)26-9-8-24-3/h5-7,11-13H,4,8-10H2,1-3H3,(H,22,23). The van der Waals surface area contributed by atoms with E-state index in [4.69, 9.17) is 18.9 Å². The first-order valence-corrected chi connectivity index (χ1v) is 8.96. The fourth-order valence-corrected chi connectivity index (χ4v) is 2.90. The van der Waals surface area contributed by atoms with Crippen molar-refractivity contribution in [1.29, 1.82) is 0 Å². The van der Waals surface area contributed by atoms with E-state index >= 15 is 0 Å². The van der Waals surface area contributed by atoms with Crippen LogP contribution in [0, 0.1) is 0 Å². The first-order valence-electron chi connectivity index (χ1n) is 8.96. The molecule has 1 aliphatic heterocycles. The number of anilines is 1. The van der Waals surface area contributed by atoms with Crippen LogP contribution in [-0.2, 0) is 11.2 Å². The number of rotatable bonds is 8. The van der Waals surface area contributed by atoms with Crippen molar-refractivity contribution in [1.82, 2.24) is 4.98 Å². The zero-order chi connectivity index (χ0) is 19.2. The lowest BCUT2D eigenvalue weighted by atomic mass is 10.1. The fourth-order valence-electron chi connectivity index (χ4n) is 2.90. The van der Waals surface area contributed by atoms with Gasteiger partial charge in [-0.3, -0.25) is 4.79 Å². The van der Waals surface area contributed by atoms with E-state index in [0.29, 0.717) is 36.8 Å². The minimum absolute atomic E-state index is 0.111. The molecule has 1 aliphatic rings. The van der Waals surface area contributed by atoms with Gasteiger partial charge in [0.1, 0.15) is 29.8 Å². The normalized spacial score (nSPS) is 15.0. The molecule has 1 aromatic carbocycles. The number of hydrogen-bond donors (Lipinski definition) is 1. The number of methoxy groups -OCH3 is 1. The molecule has 0 fully saturated rings. The molecule has 7 heteroatoms. The van der Waals surface area contributed by atoms with Gasteiger partial charge in [0.05, 0.1) is 18.9 Å². The van der Waals surface area contributed by atoms with Crippen LogP contribution in [0.2, 0.25) is 0 Å². The highest BCUT2D eigenvalue weighted by molar-refractivity contribution is 6.06. The number of nitrogens with one attached hydrogen (secondary N) is 1. The van der Waals surface area contributed by atoms with Crippen molar-refractivity contribution in [3.05, 3.63) is 41.6 Å². The highest BCUT2D eigenvalue weighted by atomic mass is 16.5. The zero-order valence-electron chi connectivity index (χ0n) is 15.8. The third kappa shape index (κ3) is 4.49. The van der Waals surface area contributed by atoms with E-state index in [-0.39, 0.29) is 17.9 Å². The van der Waals surface area contributed by atoms with E-state index in [9.17, 15) is 4.79 Å². The van der Waals surface area contributed by atoms with Gasteiger partial charge >= 0.3 is 0 Å². The summed E-state index contributed by atoms with van der Waals surface area (Å²) in [7, 11) is 1.58. The molecule has 0 aliphatic carbocycles. The third-order valence-electron chi connectivity index (χ3n) is 4.09. The van der Waals surface area contributed by atoms with Crippen molar-refractivity contribution >= 4 is 11.6 Å². The maximum atomic E-state index is 12.8. The maximum absolute atomic E-state index is 12.8. The van der Waals surface area contributed by atoms with Crippen LogP contribution in [0.1, 0.15) is 29.8 Å². The summed E-state index contributed by atoms with van der Waals surface area (Å²) in [5.74, 6) is 1.32. The lowest BCUT2D eigenvalue weighted by molar-refractivity contribution is 0.101. The Morgan fingerprint density at radius 2 is 2.19 bits per heavy atom. The lowest BCUT2D eigenvalue weighted by Gasteiger charge is -2.14. The summed E-state index contributed by atoms with van der Waals surface area (Å²) in [6, 6.07) is 7.09. The fraction of sp³-hybridized carbons (Fsp3) is 0.400. The summed E-state index contributed by atoms with van der Waals surface area (Å²) in [5.41, 5.74) is 1.97. The molecule has 1 N–H and O–H groups in total. The molecule has 3 rings (SSSR count). The van der Waals surface area contributed by atoms with Gasteiger partial charge in [-0.25, -0.2) is 4.98 Å². The van der Waals surface area contributed by atoms with Crippen LogP contribution in [0.5, 0.6) is 17.4 Å². The Hall–Kier alpha value is -2.80. The van der Waals surface area contributed by atoms with Gasteiger partial charge in [-0.1, -0.05) is 0 Å². The van der Waals surface area contributed by atoms with Crippen LogP contribution in [0.3, 0.4) is 0 Å². The van der Waals surface area contributed by atoms with E-state index in [1.54, 1.807) is 25.4 Å². The highest BCUT2D eigenvalue weighted by Gasteiger charge is 2.23. The first kappa shape index (κ1) is 19.0. The van der Waals surface area contributed by atoms with Crippen molar-refractivity contribution < 1.29 is 23.7 Å². The van der Waals surface area contributed by atoms with E-state index in [2.05, 4.69) is 10.3 Å². The second kappa shape index (κ2) is 8.73. The molecule has 0 saturated carbocycles. The van der Waals surface area contributed by atoms with E-state index in [1.807, 2.05) is 26.0 Å². The number of hydrogen-bond acceptors (Lipinski definition) is 6. The molecule has 0 saturated heterocycles. The van der Waals surface area contributed by atoms with Gasteiger partial charge in [-0.05, 0) is 32.0 Å². The lowest BCUT2D eigenvalue weighted by Crippen LogP contribution is -2.16. The molecule has 0 radical (unpaired) electrons. The number of nitrogens with zero attached hydrogens (tertiary/aromatic N) is 1.